The summed E-state index contributed by atoms with van der Waals surface area (Å²) in [4.78, 5) is 0.271. The molecule has 0 radical (unpaired) electrons. The summed E-state index contributed by atoms with van der Waals surface area (Å²) >= 11 is 5.83. The van der Waals surface area contributed by atoms with E-state index in [0.717, 1.165) is 0 Å². The molecule has 1 aliphatic heterocycles. The zero-order valence-corrected chi connectivity index (χ0v) is 10.2. The van der Waals surface area contributed by atoms with Gasteiger partial charge in [-0.15, -0.1) is 0 Å². The summed E-state index contributed by atoms with van der Waals surface area (Å²) in [6.45, 7) is 1.62. The first-order valence-electron chi connectivity index (χ1n) is 4.84. The molecule has 16 heavy (non-hydrogen) atoms. The van der Waals surface area contributed by atoms with Crippen molar-refractivity contribution in [3.8, 4) is 0 Å². The first-order valence-corrected chi connectivity index (χ1v) is 6.76. The van der Waals surface area contributed by atoms with Crippen molar-refractivity contribution in [3.05, 3.63) is 34.2 Å². The Kier molecular flexibility index (Phi) is 2.82. The van der Waals surface area contributed by atoms with Crippen molar-refractivity contribution in [2.75, 3.05) is 0 Å². The lowest BCUT2D eigenvalue weighted by atomic mass is 10.0. The number of rotatable bonds is 2. The van der Waals surface area contributed by atoms with Gasteiger partial charge < -0.3 is 5.11 Å². The minimum atomic E-state index is -3.35. The minimum absolute atomic E-state index is 0.271. The monoisotopic (exact) mass is 258 g/mol. The first kappa shape index (κ1) is 11.6. The summed E-state index contributed by atoms with van der Waals surface area (Å²) in [6.07, 6.45) is -0.265. The van der Waals surface area contributed by atoms with Crippen LogP contribution in [0.5, 0.6) is 0 Å². The molecule has 1 unspecified atom stereocenters. The molecule has 0 saturated carbocycles. The van der Waals surface area contributed by atoms with E-state index in [0.29, 0.717) is 22.6 Å². The van der Waals surface area contributed by atoms with Crippen LogP contribution in [0.1, 0.15) is 18.9 Å². The third kappa shape index (κ3) is 2.00. The van der Waals surface area contributed by atoms with Crippen LogP contribution in [0.3, 0.4) is 0 Å². The number of benzene rings is 1. The normalized spacial score (nSPS) is 19.1. The number of hydrogen-bond donors (Lipinski definition) is 1. The molecule has 0 aromatic heterocycles. The van der Waals surface area contributed by atoms with Crippen LogP contribution < -0.4 is 0 Å². The summed E-state index contributed by atoms with van der Waals surface area (Å²) in [5.74, 6) is 0. The summed E-state index contributed by atoms with van der Waals surface area (Å²) in [5, 5.41) is 11.0. The van der Waals surface area contributed by atoms with Gasteiger partial charge in [-0.05, 0) is 42.7 Å². The first-order chi connectivity index (χ1) is 7.40. The van der Waals surface area contributed by atoms with E-state index < -0.39 is 15.9 Å². The maximum atomic E-state index is 11.8. The van der Waals surface area contributed by atoms with Crippen LogP contribution in [0.2, 0.25) is 5.02 Å². The second kappa shape index (κ2) is 3.87. The predicted octanol–water partition coefficient (Wildman–Crippen LogP) is 2.24. The van der Waals surface area contributed by atoms with Crippen LogP contribution in [0.25, 0.3) is 5.57 Å². The molecule has 1 aromatic rings. The van der Waals surface area contributed by atoms with Gasteiger partial charge >= 0.3 is 0 Å². The predicted molar refractivity (Wildman–Crippen MR) is 62.9 cm³/mol. The second-order valence-corrected chi connectivity index (χ2v) is 6.08. The molecule has 1 heterocycles. The molecule has 0 amide bonds. The largest absolute Gasteiger partial charge is 0.393 e. The Labute approximate surface area is 99.3 Å². The fourth-order valence-electron chi connectivity index (χ4n) is 1.79. The SMILES string of the molecule is CC(O)CC1=CS(=O)(=O)c2ccc(Cl)cc21. The van der Waals surface area contributed by atoms with E-state index in [4.69, 9.17) is 11.6 Å². The Bertz CT molecular complexity index is 559. The van der Waals surface area contributed by atoms with E-state index in [1.807, 2.05) is 0 Å². The molecule has 0 fully saturated rings. The van der Waals surface area contributed by atoms with Crippen molar-refractivity contribution in [1.29, 1.82) is 0 Å². The lowest BCUT2D eigenvalue weighted by Crippen LogP contribution is -1.99. The van der Waals surface area contributed by atoms with Gasteiger partial charge in [0.15, 0.2) is 0 Å². The highest BCUT2D eigenvalue weighted by atomic mass is 35.5. The van der Waals surface area contributed by atoms with Crippen molar-refractivity contribution in [2.24, 2.45) is 0 Å². The molecule has 1 aliphatic rings. The maximum absolute atomic E-state index is 11.8. The summed E-state index contributed by atoms with van der Waals surface area (Å²) in [7, 11) is -3.35. The van der Waals surface area contributed by atoms with Crippen molar-refractivity contribution in [2.45, 2.75) is 24.3 Å². The lowest BCUT2D eigenvalue weighted by molar-refractivity contribution is 0.201. The minimum Gasteiger partial charge on any atom is -0.393 e. The van der Waals surface area contributed by atoms with Gasteiger partial charge in [-0.2, -0.15) is 0 Å². The molecule has 86 valence electrons. The lowest BCUT2D eigenvalue weighted by Gasteiger charge is -2.06. The Balaban J connectivity index is 2.57. The number of sulfone groups is 1. The van der Waals surface area contributed by atoms with Gasteiger partial charge in [-0.25, -0.2) is 8.42 Å². The molecule has 0 bridgehead atoms. The third-order valence-corrected chi connectivity index (χ3v) is 4.21. The smallest absolute Gasteiger partial charge is 0.200 e. The molecule has 0 aliphatic carbocycles. The van der Waals surface area contributed by atoms with E-state index in [1.165, 1.54) is 11.5 Å². The number of aliphatic hydroxyl groups is 1. The highest BCUT2D eigenvalue weighted by Gasteiger charge is 2.27. The number of aliphatic hydroxyl groups excluding tert-OH is 1. The van der Waals surface area contributed by atoms with E-state index in [9.17, 15) is 13.5 Å². The van der Waals surface area contributed by atoms with Crippen molar-refractivity contribution < 1.29 is 13.5 Å². The van der Waals surface area contributed by atoms with Crippen LogP contribution in [-0.2, 0) is 9.84 Å². The van der Waals surface area contributed by atoms with Crippen LogP contribution in [-0.4, -0.2) is 19.6 Å². The molecule has 3 nitrogen and oxygen atoms in total. The summed E-state index contributed by atoms with van der Waals surface area (Å²) in [6, 6.07) is 4.67. The third-order valence-electron chi connectivity index (χ3n) is 2.41. The molecule has 2 rings (SSSR count). The zero-order chi connectivity index (χ0) is 11.9. The van der Waals surface area contributed by atoms with E-state index >= 15 is 0 Å². The average Bonchev–Trinajstić information content (AvgIpc) is 2.37. The van der Waals surface area contributed by atoms with E-state index in [2.05, 4.69) is 0 Å². The Morgan fingerprint density at radius 1 is 1.44 bits per heavy atom. The van der Waals surface area contributed by atoms with E-state index in [-0.39, 0.29) is 4.90 Å². The zero-order valence-electron chi connectivity index (χ0n) is 8.64. The Morgan fingerprint density at radius 2 is 2.12 bits per heavy atom. The van der Waals surface area contributed by atoms with Gasteiger partial charge in [-0.1, -0.05) is 11.6 Å². The van der Waals surface area contributed by atoms with Crippen LogP contribution in [0, 0.1) is 0 Å². The van der Waals surface area contributed by atoms with Gasteiger partial charge in [0, 0.05) is 10.4 Å². The molecule has 5 heteroatoms. The number of hydrogen-bond acceptors (Lipinski definition) is 3. The average molecular weight is 259 g/mol. The molecule has 1 atom stereocenters. The molecule has 0 spiro atoms. The number of halogens is 1. The Hall–Kier alpha value is -0.840. The molecule has 1 N–H and O–H groups in total. The van der Waals surface area contributed by atoms with Crippen LogP contribution in [0.4, 0.5) is 0 Å². The fourth-order valence-corrected chi connectivity index (χ4v) is 3.44. The van der Waals surface area contributed by atoms with Crippen LogP contribution in [0.15, 0.2) is 28.5 Å². The van der Waals surface area contributed by atoms with Gasteiger partial charge in [0.05, 0.1) is 11.0 Å². The highest BCUT2D eigenvalue weighted by Crippen LogP contribution is 2.37. The Morgan fingerprint density at radius 3 is 2.75 bits per heavy atom. The van der Waals surface area contributed by atoms with Gasteiger partial charge in [0.25, 0.3) is 0 Å². The van der Waals surface area contributed by atoms with Gasteiger partial charge in [0.2, 0.25) is 9.84 Å². The van der Waals surface area contributed by atoms with Gasteiger partial charge in [0.1, 0.15) is 0 Å². The van der Waals surface area contributed by atoms with Crippen molar-refractivity contribution in [1.82, 2.24) is 0 Å². The van der Waals surface area contributed by atoms with E-state index in [1.54, 1.807) is 19.1 Å². The quantitative estimate of drug-likeness (QED) is 0.885. The summed E-state index contributed by atoms with van der Waals surface area (Å²) in [5.41, 5.74) is 1.22. The molecule has 1 aromatic carbocycles. The van der Waals surface area contributed by atoms with Crippen molar-refractivity contribution >= 4 is 27.0 Å². The second-order valence-electron chi connectivity index (χ2n) is 3.88. The van der Waals surface area contributed by atoms with Gasteiger partial charge in [-0.3, -0.25) is 0 Å². The standard InChI is InChI=1S/C11H11ClO3S/c1-7(13)4-8-6-16(14,15)11-3-2-9(12)5-10(8)11/h2-3,5-7,13H,4H2,1H3. The highest BCUT2D eigenvalue weighted by molar-refractivity contribution is 7.95. The summed E-state index contributed by atoms with van der Waals surface area (Å²) < 4.78 is 23.5. The fraction of sp³-hybridized carbons (Fsp3) is 0.273. The maximum Gasteiger partial charge on any atom is 0.200 e. The topological polar surface area (TPSA) is 54.4 Å². The molecular weight excluding hydrogens is 248 g/mol. The number of fused-ring (bicyclic) bond motifs is 1. The van der Waals surface area contributed by atoms with Crippen LogP contribution >= 0.6 is 11.6 Å². The molecular formula is C11H11ClO3S. The molecule has 0 saturated heterocycles. The van der Waals surface area contributed by atoms with Crippen molar-refractivity contribution in [3.63, 3.8) is 0 Å².